The SMILES string of the molecule is Brc1ccc(-n2c(SCc3ccccc3)nnc2N2CCOCC2)cc1. The number of thioether (sulfide) groups is 1. The lowest BCUT2D eigenvalue weighted by Crippen LogP contribution is -2.37. The molecule has 0 spiro atoms. The van der Waals surface area contributed by atoms with E-state index in [0.29, 0.717) is 0 Å². The van der Waals surface area contributed by atoms with E-state index in [9.17, 15) is 0 Å². The van der Waals surface area contributed by atoms with Crippen molar-refractivity contribution in [2.75, 3.05) is 31.2 Å². The molecule has 1 aliphatic heterocycles. The first-order chi connectivity index (χ1) is 12.8. The Kier molecular flexibility index (Phi) is 5.57. The van der Waals surface area contributed by atoms with Crippen molar-refractivity contribution in [1.29, 1.82) is 0 Å². The van der Waals surface area contributed by atoms with Gasteiger partial charge in [-0.25, -0.2) is 0 Å². The average Bonchev–Trinajstić information content (AvgIpc) is 3.12. The molecule has 1 aromatic heterocycles. The molecule has 5 nitrogen and oxygen atoms in total. The molecule has 1 saturated heterocycles. The fourth-order valence-electron chi connectivity index (χ4n) is 2.86. The van der Waals surface area contributed by atoms with E-state index in [1.807, 2.05) is 18.2 Å². The minimum Gasteiger partial charge on any atom is -0.378 e. The topological polar surface area (TPSA) is 43.2 Å². The van der Waals surface area contributed by atoms with E-state index < -0.39 is 0 Å². The van der Waals surface area contributed by atoms with Crippen molar-refractivity contribution < 1.29 is 4.74 Å². The van der Waals surface area contributed by atoms with E-state index in [2.05, 4.69) is 72.0 Å². The molecule has 0 unspecified atom stereocenters. The van der Waals surface area contributed by atoms with E-state index in [1.54, 1.807) is 11.8 Å². The second kappa shape index (κ2) is 8.24. The zero-order chi connectivity index (χ0) is 17.8. The summed E-state index contributed by atoms with van der Waals surface area (Å²) in [6.45, 7) is 3.11. The van der Waals surface area contributed by atoms with Crippen LogP contribution in [0.4, 0.5) is 5.95 Å². The summed E-state index contributed by atoms with van der Waals surface area (Å²) in [5.74, 6) is 1.74. The second-order valence-corrected chi connectivity index (χ2v) is 7.83. The highest BCUT2D eigenvalue weighted by Crippen LogP contribution is 2.29. The van der Waals surface area contributed by atoms with Crippen LogP contribution in [0, 0.1) is 0 Å². The van der Waals surface area contributed by atoms with Crippen LogP contribution in [0.3, 0.4) is 0 Å². The van der Waals surface area contributed by atoms with Gasteiger partial charge in [0.1, 0.15) is 0 Å². The summed E-state index contributed by atoms with van der Waals surface area (Å²) in [6, 6.07) is 18.7. The fraction of sp³-hybridized carbons (Fsp3) is 0.263. The Bertz CT molecular complexity index is 848. The number of anilines is 1. The maximum atomic E-state index is 5.48. The molecule has 1 fully saturated rings. The quantitative estimate of drug-likeness (QED) is 0.568. The standard InChI is InChI=1S/C19H19BrN4OS/c20-16-6-8-17(9-7-16)24-18(23-10-12-25-13-11-23)21-22-19(24)26-14-15-4-2-1-3-5-15/h1-9H,10-14H2. The Hall–Kier alpha value is -1.83. The summed E-state index contributed by atoms with van der Waals surface area (Å²) in [7, 11) is 0. The lowest BCUT2D eigenvalue weighted by atomic mass is 10.2. The number of morpholine rings is 1. The third kappa shape index (κ3) is 3.95. The van der Waals surface area contributed by atoms with Gasteiger partial charge in [-0.2, -0.15) is 0 Å². The van der Waals surface area contributed by atoms with Crippen LogP contribution in [-0.2, 0) is 10.5 Å². The van der Waals surface area contributed by atoms with Crippen molar-refractivity contribution in [3.8, 4) is 5.69 Å². The summed E-state index contributed by atoms with van der Waals surface area (Å²) in [6.07, 6.45) is 0. The molecule has 26 heavy (non-hydrogen) atoms. The van der Waals surface area contributed by atoms with Crippen LogP contribution >= 0.6 is 27.7 Å². The molecule has 1 aliphatic rings. The molecule has 2 heterocycles. The third-order valence-electron chi connectivity index (χ3n) is 4.21. The van der Waals surface area contributed by atoms with Gasteiger partial charge >= 0.3 is 0 Å². The average molecular weight is 431 g/mol. The molecule has 134 valence electrons. The lowest BCUT2D eigenvalue weighted by molar-refractivity contribution is 0.122. The fourth-order valence-corrected chi connectivity index (χ4v) is 4.03. The van der Waals surface area contributed by atoms with Crippen LogP contribution in [-0.4, -0.2) is 41.1 Å². The van der Waals surface area contributed by atoms with E-state index in [-0.39, 0.29) is 0 Å². The molecular weight excluding hydrogens is 412 g/mol. The first kappa shape index (κ1) is 17.6. The number of benzene rings is 2. The van der Waals surface area contributed by atoms with Crippen LogP contribution in [0.2, 0.25) is 0 Å². The number of nitrogens with zero attached hydrogens (tertiary/aromatic N) is 4. The smallest absolute Gasteiger partial charge is 0.232 e. The Morgan fingerprint density at radius 3 is 2.42 bits per heavy atom. The number of hydrogen-bond donors (Lipinski definition) is 0. The molecule has 0 aliphatic carbocycles. The molecular formula is C19H19BrN4OS. The van der Waals surface area contributed by atoms with Crippen LogP contribution in [0.5, 0.6) is 0 Å². The van der Waals surface area contributed by atoms with Crippen molar-refractivity contribution in [2.45, 2.75) is 10.9 Å². The molecule has 0 bridgehead atoms. The van der Waals surface area contributed by atoms with Gasteiger partial charge in [0.15, 0.2) is 5.16 Å². The molecule has 0 saturated carbocycles. The molecule has 0 atom stereocenters. The predicted molar refractivity (Wildman–Crippen MR) is 108 cm³/mol. The normalized spacial score (nSPS) is 14.6. The highest BCUT2D eigenvalue weighted by Gasteiger charge is 2.21. The third-order valence-corrected chi connectivity index (χ3v) is 5.73. The highest BCUT2D eigenvalue weighted by atomic mass is 79.9. The van der Waals surface area contributed by atoms with Crippen molar-refractivity contribution >= 4 is 33.6 Å². The highest BCUT2D eigenvalue weighted by molar-refractivity contribution is 9.10. The van der Waals surface area contributed by atoms with E-state index in [4.69, 9.17) is 4.74 Å². The van der Waals surface area contributed by atoms with E-state index >= 15 is 0 Å². The van der Waals surface area contributed by atoms with Crippen LogP contribution in [0.15, 0.2) is 64.2 Å². The van der Waals surface area contributed by atoms with Gasteiger partial charge in [-0.05, 0) is 29.8 Å². The number of hydrogen-bond acceptors (Lipinski definition) is 5. The maximum absolute atomic E-state index is 5.48. The zero-order valence-electron chi connectivity index (χ0n) is 14.2. The molecule has 0 amide bonds. The number of rotatable bonds is 5. The van der Waals surface area contributed by atoms with Crippen LogP contribution < -0.4 is 4.90 Å². The maximum Gasteiger partial charge on any atom is 0.232 e. The summed E-state index contributed by atoms with van der Waals surface area (Å²) in [4.78, 5) is 2.24. The zero-order valence-corrected chi connectivity index (χ0v) is 16.6. The van der Waals surface area contributed by atoms with Gasteiger partial charge in [0.05, 0.1) is 18.9 Å². The molecule has 3 aromatic rings. The van der Waals surface area contributed by atoms with Crippen molar-refractivity contribution in [1.82, 2.24) is 14.8 Å². The molecule has 4 rings (SSSR count). The Labute approximate surface area is 165 Å². The van der Waals surface area contributed by atoms with Crippen molar-refractivity contribution in [3.05, 3.63) is 64.6 Å². The van der Waals surface area contributed by atoms with Gasteiger partial charge in [0.2, 0.25) is 5.95 Å². The van der Waals surface area contributed by atoms with Gasteiger partial charge in [-0.15, -0.1) is 10.2 Å². The molecule has 0 radical (unpaired) electrons. The predicted octanol–water partition coefficient (Wildman–Crippen LogP) is 4.16. The van der Waals surface area contributed by atoms with Gasteiger partial charge in [-0.1, -0.05) is 58.0 Å². The Morgan fingerprint density at radius 2 is 1.69 bits per heavy atom. The molecule has 7 heteroatoms. The largest absolute Gasteiger partial charge is 0.378 e. The van der Waals surface area contributed by atoms with Gasteiger partial charge in [0, 0.05) is 23.3 Å². The molecule has 0 N–H and O–H groups in total. The van der Waals surface area contributed by atoms with Crippen molar-refractivity contribution in [3.63, 3.8) is 0 Å². The number of aromatic nitrogens is 3. The van der Waals surface area contributed by atoms with Crippen LogP contribution in [0.1, 0.15) is 5.56 Å². The minimum absolute atomic E-state index is 0.722. The first-order valence-corrected chi connectivity index (χ1v) is 10.3. The second-order valence-electron chi connectivity index (χ2n) is 5.97. The number of ether oxygens (including phenoxy) is 1. The van der Waals surface area contributed by atoms with Gasteiger partial charge in [-0.3, -0.25) is 4.57 Å². The summed E-state index contributed by atoms with van der Waals surface area (Å²) < 4.78 is 8.68. The van der Waals surface area contributed by atoms with Crippen LogP contribution in [0.25, 0.3) is 5.69 Å². The van der Waals surface area contributed by atoms with Gasteiger partial charge < -0.3 is 9.64 Å². The Balaban J connectivity index is 1.66. The summed E-state index contributed by atoms with van der Waals surface area (Å²) >= 11 is 5.21. The summed E-state index contributed by atoms with van der Waals surface area (Å²) in [5.41, 5.74) is 2.34. The van der Waals surface area contributed by atoms with Gasteiger partial charge in [0.25, 0.3) is 0 Å². The van der Waals surface area contributed by atoms with E-state index in [1.165, 1.54) is 5.56 Å². The van der Waals surface area contributed by atoms with E-state index in [0.717, 1.165) is 53.3 Å². The summed E-state index contributed by atoms with van der Waals surface area (Å²) in [5, 5.41) is 9.89. The minimum atomic E-state index is 0.722. The number of halogens is 1. The molecule has 2 aromatic carbocycles. The monoisotopic (exact) mass is 430 g/mol. The lowest BCUT2D eigenvalue weighted by Gasteiger charge is -2.27. The Morgan fingerprint density at radius 1 is 0.962 bits per heavy atom. The first-order valence-electron chi connectivity index (χ1n) is 8.52. The van der Waals surface area contributed by atoms with Crippen molar-refractivity contribution in [2.24, 2.45) is 0 Å².